The van der Waals surface area contributed by atoms with Crippen molar-refractivity contribution in [3.05, 3.63) is 34.9 Å². The summed E-state index contributed by atoms with van der Waals surface area (Å²) in [4.78, 5) is 0.610. The topological polar surface area (TPSA) is 0 Å². The molecule has 0 saturated carbocycles. The Morgan fingerprint density at radius 1 is 1.50 bits per heavy atom. The standard InChI is InChI=1S/C11H13Br/c1-2-8-3-4-9-5-6-11(12)10(9)7-8/h3-4,7,11H,2,5-6H2,1H3. The van der Waals surface area contributed by atoms with Gasteiger partial charge in [-0.05, 0) is 36.0 Å². The molecule has 0 bridgehead atoms. The number of alkyl halides is 1. The van der Waals surface area contributed by atoms with Gasteiger partial charge in [0.25, 0.3) is 0 Å². The molecular formula is C11H13Br. The normalized spacial score (nSPS) is 21.0. The molecule has 64 valence electrons. The summed E-state index contributed by atoms with van der Waals surface area (Å²) in [5, 5.41) is 0. The Morgan fingerprint density at radius 3 is 3.08 bits per heavy atom. The summed E-state index contributed by atoms with van der Waals surface area (Å²) in [5.41, 5.74) is 4.52. The maximum Gasteiger partial charge on any atom is 0.0401 e. The molecule has 0 amide bonds. The van der Waals surface area contributed by atoms with Crippen LogP contribution in [0.5, 0.6) is 0 Å². The summed E-state index contributed by atoms with van der Waals surface area (Å²) < 4.78 is 0. The molecule has 0 aromatic heterocycles. The zero-order valence-corrected chi connectivity index (χ0v) is 8.89. The molecule has 1 aliphatic carbocycles. The van der Waals surface area contributed by atoms with Crippen LogP contribution in [0.4, 0.5) is 0 Å². The summed E-state index contributed by atoms with van der Waals surface area (Å²) in [7, 11) is 0. The number of aryl methyl sites for hydroxylation is 2. The van der Waals surface area contributed by atoms with E-state index >= 15 is 0 Å². The van der Waals surface area contributed by atoms with E-state index in [0.29, 0.717) is 4.83 Å². The first-order valence-electron chi connectivity index (χ1n) is 4.57. The van der Waals surface area contributed by atoms with Gasteiger partial charge in [-0.3, -0.25) is 0 Å². The van der Waals surface area contributed by atoms with E-state index in [-0.39, 0.29) is 0 Å². The lowest BCUT2D eigenvalue weighted by Crippen LogP contribution is -1.87. The minimum absolute atomic E-state index is 0.610. The summed E-state index contributed by atoms with van der Waals surface area (Å²) in [6, 6.07) is 6.89. The molecule has 1 atom stereocenters. The van der Waals surface area contributed by atoms with Gasteiger partial charge in [-0.25, -0.2) is 0 Å². The highest BCUT2D eigenvalue weighted by Gasteiger charge is 2.19. The fraction of sp³-hybridized carbons (Fsp3) is 0.455. The number of halogens is 1. The first-order chi connectivity index (χ1) is 5.81. The van der Waals surface area contributed by atoms with Crippen molar-refractivity contribution in [1.29, 1.82) is 0 Å². The predicted octanol–water partition coefficient (Wildman–Crippen LogP) is 3.63. The first kappa shape index (κ1) is 8.31. The summed E-state index contributed by atoms with van der Waals surface area (Å²) in [6.07, 6.45) is 3.66. The van der Waals surface area contributed by atoms with Gasteiger partial charge in [-0.15, -0.1) is 0 Å². The number of benzene rings is 1. The van der Waals surface area contributed by atoms with Crippen LogP contribution >= 0.6 is 15.9 Å². The van der Waals surface area contributed by atoms with Gasteiger partial charge in [0.1, 0.15) is 0 Å². The van der Waals surface area contributed by atoms with Crippen LogP contribution in [0.2, 0.25) is 0 Å². The van der Waals surface area contributed by atoms with Crippen LogP contribution in [0.15, 0.2) is 18.2 Å². The van der Waals surface area contributed by atoms with E-state index in [0.717, 1.165) is 6.42 Å². The second kappa shape index (κ2) is 3.21. The Morgan fingerprint density at radius 2 is 2.33 bits per heavy atom. The zero-order valence-electron chi connectivity index (χ0n) is 7.31. The van der Waals surface area contributed by atoms with Crippen molar-refractivity contribution in [2.45, 2.75) is 31.0 Å². The van der Waals surface area contributed by atoms with E-state index in [1.807, 2.05) is 0 Å². The van der Waals surface area contributed by atoms with Gasteiger partial charge in [-0.1, -0.05) is 41.1 Å². The maximum absolute atomic E-state index is 3.70. The second-order valence-corrected chi connectivity index (χ2v) is 4.50. The monoisotopic (exact) mass is 224 g/mol. The minimum atomic E-state index is 0.610. The quantitative estimate of drug-likeness (QED) is 0.640. The molecule has 0 heterocycles. The summed E-state index contributed by atoms with van der Waals surface area (Å²) in [6.45, 7) is 2.21. The molecule has 0 N–H and O–H groups in total. The molecule has 0 aliphatic heterocycles. The minimum Gasteiger partial charge on any atom is -0.0839 e. The van der Waals surface area contributed by atoms with E-state index in [2.05, 4.69) is 41.1 Å². The molecule has 2 rings (SSSR count). The first-order valence-corrected chi connectivity index (χ1v) is 5.48. The van der Waals surface area contributed by atoms with Crippen LogP contribution in [-0.2, 0) is 12.8 Å². The van der Waals surface area contributed by atoms with E-state index in [1.54, 1.807) is 0 Å². The maximum atomic E-state index is 3.70. The highest BCUT2D eigenvalue weighted by Crippen LogP contribution is 2.37. The third-order valence-electron chi connectivity index (χ3n) is 2.62. The SMILES string of the molecule is CCc1ccc2c(c1)C(Br)CC2. The molecule has 1 aromatic rings. The molecule has 0 fully saturated rings. The van der Waals surface area contributed by atoms with Crippen LogP contribution in [-0.4, -0.2) is 0 Å². The third kappa shape index (κ3) is 1.31. The molecule has 0 nitrogen and oxygen atoms in total. The van der Waals surface area contributed by atoms with Crippen LogP contribution in [0, 0.1) is 0 Å². The molecule has 1 aromatic carbocycles. The highest BCUT2D eigenvalue weighted by atomic mass is 79.9. The van der Waals surface area contributed by atoms with Crippen LogP contribution in [0.1, 0.15) is 34.9 Å². The molecule has 0 radical (unpaired) electrons. The summed E-state index contributed by atoms with van der Waals surface area (Å²) >= 11 is 3.70. The van der Waals surface area contributed by atoms with Crippen molar-refractivity contribution in [3.63, 3.8) is 0 Å². The Kier molecular flexibility index (Phi) is 2.22. The van der Waals surface area contributed by atoms with Crippen LogP contribution in [0.25, 0.3) is 0 Å². The number of hydrogen-bond acceptors (Lipinski definition) is 0. The van der Waals surface area contributed by atoms with E-state index in [9.17, 15) is 0 Å². The smallest absolute Gasteiger partial charge is 0.0401 e. The molecule has 1 heteroatoms. The van der Waals surface area contributed by atoms with Crippen molar-refractivity contribution in [1.82, 2.24) is 0 Å². The van der Waals surface area contributed by atoms with Crippen LogP contribution in [0.3, 0.4) is 0 Å². The molecule has 0 saturated heterocycles. The van der Waals surface area contributed by atoms with Gasteiger partial charge in [-0.2, -0.15) is 0 Å². The Balaban J connectivity index is 2.43. The average molecular weight is 225 g/mol. The number of rotatable bonds is 1. The van der Waals surface area contributed by atoms with Crippen molar-refractivity contribution in [2.24, 2.45) is 0 Å². The summed E-state index contributed by atoms with van der Waals surface area (Å²) in [5.74, 6) is 0. The molecular weight excluding hydrogens is 212 g/mol. The second-order valence-electron chi connectivity index (χ2n) is 3.39. The highest BCUT2D eigenvalue weighted by molar-refractivity contribution is 9.09. The lowest BCUT2D eigenvalue weighted by molar-refractivity contribution is 0.903. The van der Waals surface area contributed by atoms with Crippen molar-refractivity contribution in [3.8, 4) is 0 Å². The van der Waals surface area contributed by atoms with E-state index in [4.69, 9.17) is 0 Å². The Bertz CT molecular complexity index is 291. The van der Waals surface area contributed by atoms with Crippen molar-refractivity contribution >= 4 is 15.9 Å². The van der Waals surface area contributed by atoms with Gasteiger partial charge in [0, 0.05) is 4.83 Å². The zero-order chi connectivity index (χ0) is 8.55. The number of fused-ring (bicyclic) bond motifs is 1. The molecule has 1 unspecified atom stereocenters. The lowest BCUT2D eigenvalue weighted by atomic mass is 10.1. The Hall–Kier alpha value is -0.300. The van der Waals surface area contributed by atoms with Crippen molar-refractivity contribution in [2.75, 3.05) is 0 Å². The fourth-order valence-electron chi connectivity index (χ4n) is 1.82. The largest absolute Gasteiger partial charge is 0.0839 e. The van der Waals surface area contributed by atoms with Crippen LogP contribution < -0.4 is 0 Å². The van der Waals surface area contributed by atoms with Gasteiger partial charge in [0.2, 0.25) is 0 Å². The fourth-order valence-corrected chi connectivity index (χ4v) is 2.48. The van der Waals surface area contributed by atoms with Crippen molar-refractivity contribution < 1.29 is 0 Å². The Labute approximate surface area is 82.1 Å². The third-order valence-corrected chi connectivity index (χ3v) is 3.57. The number of hydrogen-bond donors (Lipinski definition) is 0. The average Bonchev–Trinajstić information content (AvgIpc) is 2.47. The molecule has 12 heavy (non-hydrogen) atoms. The predicted molar refractivity (Wildman–Crippen MR) is 55.8 cm³/mol. The lowest BCUT2D eigenvalue weighted by Gasteiger charge is -2.04. The van der Waals surface area contributed by atoms with Gasteiger partial charge < -0.3 is 0 Å². The van der Waals surface area contributed by atoms with E-state index in [1.165, 1.54) is 29.5 Å². The van der Waals surface area contributed by atoms with Gasteiger partial charge >= 0.3 is 0 Å². The van der Waals surface area contributed by atoms with Gasteiger partial charge in [0.05, 0.1) is 0 Å². The van der Waals surface area contributed by atoms with E-state index < -0.39 is 0 Å². The molecule has 1 aliphatic rings. The van der Waals surface area contributed by atoms with Gasteiger partial charge in [0.15, 0.2) is 0 Å². The molecule has 0 spiro atoms.